The quantitative estimate of drug-likeness (QED) is 0.679. The first-order valence-electron chi connectivity index (χ1n) is 4.57. The van der Waals surface area contributed by atoms with Crippen LogP contribution in [-0.2, 0) is 9.53 Å². The van der Waals surface area contributed by atoms with Gasteiger partial charge in [-0.3, -0.25) is 4.79 Å². The molecule has 1 aliphatic heterocycles. The van der Waals surface area contributed by atoms with Crippen LogP contribution in [0.4, 0.5) is 0 Å². The van der Waals surface area contributed by atoms with E-state index in [4.69, 9.17) is 9.84 Å². The van der Waals surface area contributed by atoms with Gasteiger partial charge in [0, 0.05) is 6.61 Å². The first-order valence-corrected chi connectivity index (χ1v) is 4.57. The fourth-order valence-electron chi connectivity index (χ4n) is 1.76. The largest absolute Gasteiger partial charge is 0.481 e. The number of rotatable bonds is 3. The van der Waals surface area contributed by atoms with Gasteiger partial charge in [0.05, 0.1) is 12.0 Å². The van der Waals surface area contributed by atoms with Gasteiger partial charge in [0.1, 0.15) is 0 Å². The Morgan fingerprint density at radius 2 is 2.46 bits per heavy atom. The van der Waals surface area contributed by atoms with E-state index >= 15 is 0 Å². The minimum atomic E-state index is -0.764. The summed E-state index contributed by atoms with van der Waals surface area (Å²) in [6.45, 7) is 6.52. The molecule has 3 nitrogen and oxygen atoms in total. The van der Waals surface area contributed by atoms with Crippen LogP contribution in [-0.4, -0.2) is 24.3 Å². The zero-order valence-corrected chi connectivity index (χ0v) is 7.95. The molecule has 1 N–H and O–H groups in total. The molecule has 74 valence electrons. The fourth-order valence-corrected chi connectivity index (χ4v) is 1.76. The molecule has 0 amide bonds. The highest BCUT2D eigenvalue weighted by molar-refractivity contribution is 5.75. The molecule has 0 spiro atoms. The van der Waals surface area contributed by atoms with E-state index in [-0.39, 0.29) is 5.92 Å². The maximum atomic E-state index is 11.1. The average Bonchev–Trinajstić information content (AvgIpc) is 2.17. The Hall–Kier alpha value is -0.830. The topological polar surface area (TPSA) is 46.5 Å². The molecule has 0 saturated carbocycles. The lowest BCUT2D eigenvalue weighted by Crippen LogP contribution is -2.43. The molecular formula is C10H16O3. The Bertz CT molecular complexity index is 204. The monoisotopic (exact) mass is 184 g/mol. The predicted octanol–water partition coefficient (Wildman–Crippen LogP) is 1.69. The van der Waals surface area contributed by atoms with Gasteiger partial charge in [-0.05, 0) is 18.8 Å². The van der Waals surface area contributed by atoms with Gasteiger partial charge >= 0.3 is 5.97 Å². The maximum absolute atomic E-state index is 11.1. The van der Waals surface area contributed by atoms with E-state index in [1.54, 1.807) is 6.08 Å². The van der Waals surface area contributed by atoms with Crippen LogP contribution >= 0.6 is 0 Å². The van der Waals surface area contributed by atoms with E-state index < -0.39 is 11.4 Å². The summed E-state index contributed by atoms with van der Waals surface area (Å²) in [6.07, 6.45) is 3.21. The summed E-state index contributed by atoms with van der Waals surface area (Å²) < 4.78 is 5.24. The minimum Gasteiger partial charge on any atom is -0.481 e. The first-order chi connectivity index (χ1) is 6.13. The maximum Gasteiger partial charge on any atom is 0.312 e. The van der Waals surface area contributed by atoms with E-state index in [1.165, 1.54) is 0 Å². The number of carboxylic acid groups (broad SMARTS) is 1. The molecule has 13 heavy (non-hydrogen) atoms. The lowest BCUT2D eigenvalue weighted by Gasteiger charge is -2.36. The highest BCUT2D eigenvalue weighted by Crippen LogP contribution is 2.37. The smallest absolute Gasteiger partial charge is 0.312 e. The van der Waals surface area contributed by atoms with Crippen LogP contribution in [0.25, 0.3) is 0 Å². The van der Waals surface area contributed by atoms with Crippen molar-refractivity contribution in [3.63, 3.8) is 0 Å². The van der Waals surface area contributed by atoms with E-state index in [0.717, 1.165) is 6.42 Å². The lowest BCUT2D eigenvalue weighted by atomic mass is 9.72. The summed E-state index contributed by atoms with van der Waals surface area (Å²) in [5.74, 6) is -0.801. The molecule has 0 aliphatic carbocycles. The second-order valence-electron chi connectivity index (χ2n) is 3.64. The van der Waals surface area contributed by atoms with E-state index in [2.05, 4.69) is 6.58 Å². The summed E-state index contributed by atoms with van der Waals surface area (Å²) in [5.41, 5.74) is -0.736. The summed E-state index contributed by atoms with van der Waals surface area (Å²) in [7, 11) is 0. The molecular weight excluding hydrogens is 168 g/mol. The number of ether oxygens (including phenoxy) is 1. The molecule has 1 saturated heterocycles. The molecule has 0 aromatic carbocycles. The Labute approximate surface area is 78.4 Å². The molecule has 0 radical (unpaired) electrons. The standard InChI is InChI=1S/C10H16O3/c1-3-8(2)10(9(11)12)5-4-6-13-7-10/h3,8H,1,4-7H2,2H3,(H,11,12). The third-order valence-corrected chi connectivity index (χ3v) is 2.92. The zero-order valence-electron chi connectivity index (χ0n) is 7.95. The van der Waals surface area contributed by atoms with E-state index in [0.29, 0.717) is 19.6 Å². The Balaban J connectivity index is 2.84. The van der Waals surface area contributed by atoms with E-state index in [9.17, 15) is 4.79 Å². The van der Waals surface area contributed by atoms with Crippen molar-refractivity contribution in [2.75, 3.05) is 13.2 Å². The Kier molecular flexibility index (Phi) is 3.09. The SMILES string of the molecule is C=CC(C)C1(C(=O)O)CCCOC1. The number of carboxylic acids is 1. The lowest BCUT2D eigenvalue weighted by molar-refractivity contribution is -0.160. The average molecular weight is 184 g/mol. The van der Waals surface area contributed by atoms with Gasteiger partial charge in [0.15, 0.2) is 0 Å². The third-order valence-electron chi connectivity index (χ3n) is 2.92. The molecule has 2 unspecified atom stereocenters. The molecule has 0 aromatic heterocycles. The van der Waals surface area contributed by atoms with Gasteiger partial charge in [-0.25, -0.2) is 0 Å². The van der Waals surface area contributed by atoms with Crippen molar-refractivity contribution in [2.24, 2.45) is 11.3 Å². The number of carbonyl (C=O) groups is 1. The van der Waals surface area contributed by atoms with Gasteiger partial charge in [0.25, 0.3) is 0 Å². The molecule has 1 rings (SSSR count). The van der Waals surface area contributed by atoms with Crippen LogP contribution in [0.15, 0.2) is 12.7 Å². The normalized spacial score (nSPS) is 30.8. The van der Waals surface area contributed by atoms with Crippen molar-refractivity contribution in [2.45, 2.75) is 19.8 Å². The van der Waals surface area contributed by atoms with Crippen LogP contribution < -0.4 is 0 Å². The number of allylic oxidation sites excluding steroid dienone is 1. The zero-order chi connectivity index (χ0) is 9.90. The van der Waals surface area contributed by atoms with Crippen LogP contribution in [0.5, 0.6) is 0 Å². The third kappa shape index (κ3) is 1.75. The second-order valence-corrected chi connectivity index (χ2v) is 3.64. The number of aliphatic carboxylic acids is 1. The van der Waals surface area contributed by atoms with Gasteiger partial charge < -0.3 is 9.84 Å². The molecule has 2 atom stereocenters. The Morgan fingerprint density at radius 1 is 1.77 bits per heavy atom. The van der Waals surface area contributed by atoms with Gasteiger partial charge in [-0.15, -0.1) is 6.58 Å². The number of hydrogen-bond donors (Lipinski definition) is 1. The highest BCUT2D eigenvalue weighted by atomic mass is 16.5. The van der Waals surface area contributed by atoms with Crippen molar-refractivity contribution in [1.29, 1.82) is 0 Å². The highest BCUT2D eigenvalue weighted by Gasteiger charge is 2.44. The van der Waals surface area contributed by atoms with Gasteiger partial charge in [-0.2, -0.15) is 0 Å². The summed E-state index contributed by atoms with van der Waals surface area (Å²) in [5, 5.41) is 9.16. The van der Waals surface area contributed by atoms with Crippen LogP contribution in [0, 0.1) is 11.3 Å². The van der Waals surface area contributed by atoms with Gasteiger partial charge in [-0.1, -0.05) is 13.0 Å². The van der Waals surface area contributed by atoms with Crippen molar-refractivity contribution in [3.8, 4) is 0 Å². The molecule has 0 aromatic rings. The fraction of sp³-hybridized carbons (Fsp3) is 0.700. The minimum absolute atomic E-state index is 0.0368. The van der Waals surface area contributed by atoms with Crippen molar-refractivity contribution in [1.82, 2.24) is 0 Å². The molecule has 1 fully saturated rings. The van der Waals surface area contributed by atoms with Crippen molar-refractivity contribution >= 4 is 5.97 Å². The first kappa shape index (κ1) is 10.3. The number of hydrogen-bond acceptors (Lipinski definition) is 2. The van der Waals surface area contributed by atoms with Crippen LogP contribution in [0.3, 0.4) is 0 Å². The second kappa shape index (κ2) is 3.92. The van der Waals surface area contributed by atoms with Crippen LogP contribution in [0.1, 0.15) is 19.8 Å². The molecule has 3 heteroatoms. The van der Waals surface area contributed by atoms with E-state index in [1.807, 2.05) is 6.92 Å². The Morgan fingerprint density at radius 3 is 2.85 bits per heavy atom. The van der Waals surface area contributed by atoms with Crippen LogP contribution in [0.2, 0.25) is 0 Å². The van der Waals surface area contributed by atoms with Crippen molar-refractivity contribution in [3.05, 3.63) is 12.7 Å². The molecule has 1 heterocycles. The summed E-state index contributed by atoms with van der Waals surface area (Å²) >= 11 is 0. The summed E-state index contributed by atoms with van der Waals surface area (Å²) in [6, 6.07) is 0. The molecule has 0 bridgehead atoms. The van der Waals surface area contributed by atoms with Crippen molar-refractivity contribution < 1.29 is 14.6 Å². The van der Waals surface area contributed by atoms with Gasteiger partial charge in [0.2, 0.25) is 0 Å². The predicted molar refractivity (Wildman–Crippen MR) is 49.5 cm³/mol. The summed E-state index contributed by atoms with van der Waals surface area (Å²) in [4.78, 5) is 11.1. The molecule has 1 aliphatic rings.